The third-order valence-electron chi connectivity index (χ3n) is 2.26. The Hall–Kier alpha value is -1.46. The Morgan fingerprint density at radius 3 is 3.25 bits per heavy atom. The van der Waals surface area contributed by atoms with Gasteiger partial charge in [-0.1, -0.05) is 6.58 Å². The minimum absolute atomic E-state index is 0.0113. The van der Waals surface area contributed by atoms with Crippen molar-refractivity contribution < 1.29 is 0 Å². The largest absolute Gasteiger partial charge is 0.316 e. The minimum Gasteiger partial charge on any atom is -0.316 e. The first kappa shape index (κ1) is 11.0. The van der Waals surface area contributed by atoms with Crippen LogP contribution in [0.1, 0.15) is 0 Å². The van der Waals surface area contributed by atoms with Crippen LogP contribution < -0.4 is 10.9 Å². The summed E-state index contributed by atoms with van der Waals surface area (Å²) in [5.41, 5.74) is 1.74. The fourth-order valence-corrected chi connectivity index (χ4v) is 2.33. The average molecular weight is 235 g/mol. The molecule has 0 amide bonds. The number of fused-ring (bicyclic) bond motifs is 1. The van der Waals surface area contributed by atoms with E-state index in [1.807, 2.05) is 18.5 Å². The molecule has 0 unspecified atom stereocenters. The zero-order valence-corrected chi connectivity index (χ0v) is 9.88. The number of rotatable bonds is 4. The average Bonchev–Trinajstić information content (AvgIpc) is 2.71. The van der Waals surface area contributed by atoms with Crippen molar-refractivity contribution in [1.82, 2.24) is 14.9 Å². The van der Waals surface area contributed by atoms with E-state index in [4.69, 9.17) is 0 Å². The van der Waals surface area contributed by atoms with Crippen LogP contribution in [0.15, 0.2) is 34.7 Å². The lowest BCUT2D eigenvalue weighted by Crippen LogP contribution is -2.23. The van der Waals surface area contributed by atoms with Gasteiger partial charge in [0.25, 0.3) is 5.56 Å². The van der Waals surface area contributed by atoms with Crippen LogP contribution in [0.25, 0.3) is 10.2 Å². The molecule has 4 nitrogen and oxygen atoms in total. The normalized spacial score (nSPS) is 10.8. The first-order valence-corrected chi connectivity index (χ1v) is 5.84. The maximum Gasteiger partial charge on any atom is 0.271 e. The molecular formula is C11H13N3OS. The highest BCUT2D eigenvalue weighted by atomic mass is 32.1. The van der Waals surface area contributed by atoms with Gasteiger partial charge in [-0.05, 0) is 24.1 Å². The first-order chi connectivity index (χ1) is 7.72. The van der Waals surface area contributed by atoms with Crippen molar-refractivity contribution >= 4 is 21.6 Å². The summed E-state index contributed by atoms with van der Waals surface area (Å²) >= 11 is 1.43. The molecule has 1 N–H and O–H groups in total. The fraction of sp³-hybridized carbons (Fsp3) is 0.273. The highest BCUT2D eigenvalue weighted by Gasteiger charge is 2.05. The lowest BCUT2D eigenvalue weighted by atomic mass is 10.3. The number of aromatic nitrogens is 2. The van der Waals surface area contributed by atoms with E-state index in [1.165, 1.54) is 11.3 Å². The maximum atomic E-state index is 12.0. The number of hydrogen-bond acceptors (Lipinski definition) is 4. The second-order valence-electron chi connectivity index (χ2n) is 3.59. The molecule has 2 heterocycles. The van der Waals surface area contributed by atoms with Crippen LogP contribution in [0.5, 0.6) is 0 Å². The van der Waals surface area contributed by atoms with Gasteiger partial charge in [0.2, 0.25) is 0 Å². The zero-order valence-electron chi connectivity index (χ0n) is 9.06. The van der Waals surface area contributed by atoms with Crippen LogP contribution in [-0.2, 0) is 6.54 Å². The van der Waals surface area contributed by atoms with Gasteiger partial charge in [0.1, 0.15) is 4.70 Å². The SMILES string of the molecule is C=C(CNC)Cn1cnc2ccsc2c1=O. The van der Waals surface area contributed by atoms with Gasteiger partial charge in [0, 0.05) is 13.1 Å². The summed E-state index contributed by atoms with van der Waals surface area (Å²) in [6.07, 6.45) is 1.58. The topological polar surface area (TPSA) is 46.9 Å². The molecule has 0 radical (unpaired) electrons. The molecule has 2 aromatic rings. The molecule has 0 aromatic carbocycles. The molecule has 0 saturated carbocycles. The van der Waals surface area contributed by atoms with E-state index in [2.05, 4.69) is 16.9 Å². The van der Waals surface area contributed by atoms with Gasteiger partial charge in [-0.25, -0.2) is 4.98 Å². The number of thiophene rings is 1. The van der Waals surface area contributed by atoms with E-state index in [0.29, 0.717) is 17.8 Å². The molecule has 0 aliphatic rings. The highest BCUT2D eigenvalue weighted by molar-refractivity contribution is 7.17. The van der Waals surface area contributed by atoms with Gasteiger partial charge < -0.3 is 5.32 Å². The van der Waals surface area contributed by atoms with Crippen LogP contribution in [0.3, 0.4) is 0 Å². The molecule has 0 atom stereocenters. The van der Waals surface area contributed by atoms with E-state index in [9.17, 15) is 4.79 Å². The molecule has 0 aliphatic heterocycles. The molecule has 0 saturated heterocycles. The lowest BCUT2D eigenvalue weighted by molar-refractivity contribution is 0.705. The second-order valence-corrected chi connectivity index (χ2v) is 4.51. The molecule has 0 aliphatic carbocycles. The zero-order chi connectivity index (χ0) is 11.5. The van der Waals surface area contributed by atoms with Crippen LogP contribution in [0.4, 0.5) is 0 Å². The van der Waals surface area contributed by atoms with Gasteiger partial charge in [-0.15, -0.1) is 11.3 Å². The van der Waals surface area contributed by atoms with E-state index in [-0.39, 0.29) is 5.56 Å². The quantitative estimate of drug-likeness (QED) is 0.811. The summed E-state index contributed by atoms with van der Waals surface area (Å²) in [5, 5.41) is 4.89. The Kier molecular flexibility index (Phi) is 3.17. The van der Waals surface area contributed by atoms with E-state index in [0.717, 1.165) is 11.1 Å². The number of nitrogens with one attached hydrogen (secondary N) is 1. The van der Waals surface area contributed by atoms with Crippen LogP contribution in [0, 0.1) is 0 Å². The Labute approximate surface area is 97.2 Å². The van der Waals surface area contributed by atoms with E-state index in [1.54, 1.807) is 10.9 Å². The lowest BCUT2D eigenvalue weighted by Gasteiger charge is -2.07. The maximum absolute atomic E-state index is 12.0. The number of hydrogen-bond donors (Lipinski definition) is 1. The number of likely N-dealkylation sites (N-methyl/N-ethyl adjacent to an activating group) is 1. The predicted molar refractivity (Wildman–Crippen MR) is 66.9 cm³/mol. The van der Waals surface area contributed by atoms with Gasteiger partial charge in [-0.2, -0.15) is 0 Å². The van der Waals surface area contributed by atoms with Crippen LogP contribution >= 0.6 is 11.3 Å². The molecule has 2 aromatic heterocycles. The van der Waals surface area contributed by atoms with E-state index >= 15 is 0 Å². The van der Waals surface area contributed by atoms with Crippen LogP contribution in [-0.4, -0.2) is 23.1 Å². The van der Waals surface area contributed by atoms with Gasteiger partial charge in [-0.3, -0.25) is 9.36 Å². The van der Waals surface area contributed by atoms with Gasteiger partial charge >= 0.3 is 0 Å². The predicted octanol–water partition coefficient (Wildman–Crippen LogP) is 1.23. The Morgan fingerprint density at radius 1 is 1.69 bits per heavy atom. The number of nitrogens with zero attached hydrogens (tertiary/aromatic N) is 2. The molecule has 84 valence electrons. The second kappa shape index (κ2) is 4.59. The van der Waals surface area contributed by atoms with Crippen molar-refractivity contribution in [3.8, 4) is 0 Å². The van der Waals surface area contributed by atoms with Crippen molar-refractivity contribution in [3.05, 3.63) is 40.3 Å². The van der Waals surface area contributed by atoms with Crippen molar-refractivity contribution in [1.29, 1.82) is 0 Å². The van der Waals surface area contributed by atoms with Crippen molar-refractivity contribution in [2.75, 3.05) is 13.6 Å². The minimum atomic E-state index is 0.0113. The highest BCUT2D eigenvalue weighted by Crippen LogP contribution is 2.13. The standard InChI is InChI=1S/C11H13N3OS/c1-8(5-12-2)6-14-7-13-9-3-4-16-10(9)11(14)15/h3-4,7,12H,1,5-6H2,2H3. The Morgan fingerprint density at radius 2 is 2.50 bits per heavy atom. The fourth-order valence-electron chi connectivity index (χ4n) is 1.54. The van der Waals surface area contributed by atoms with Crippen molar-refractivity contribution in [2.45, 2.75) is 6.54 Å². The molecule has 0 fully saturated rings. The molecule has 0 bridgehead atoms. The molecule has 2 rings (SSSR count). The van der Waals surface area contributed by atoms with Crippen LogP contribution in [0.2, 0.25) is 0 Å². The van der Waals surface area contributed by atoms with E-state index < -0.39 is 0 Å². The monoisotopic (exact) mass is 235 g/mol. The third-order valence-corrected chi connectivity index (χ3v) is 3.15. The molecule has 16 heavy (non-hydrogen) atoms. The summed E-state index contributed by atoms with van der Waals surface area (Å²) in [6, 6.07) is 1.86. The molecule has 0 spiro atoms. The van der Waals surface area contributed by atoms with Gasteiger partial charge in [0.15, 0.2) is 0 Å². The van der Waals surface area contributed by atoms with Crippen molar-refractivity contribution in [2.24, 2.45) is 0 Å². The third kappa shape index (κ3) is 2.05. The summed E-state index contributed by atoms with van der Waals surface area (Å²) < 4.78 is 2.30. The summed E-state index contributed by atoms with van der Waals surface area (Å²) in [6.45, 7) is 5.12. The Bertz CT molecular complexity index is 570. The summed E-state index contributed by atoms with van der Waals surface area (Å²) in [5.74, 6) is 0. The first-order valence-electron chi connectivity index (χ1n) is 4.96. The van der Waals surface area contributed by atoms with Crippen molar-refractivity contribution in [3.63, 3.8) is 0 Å². The molecule has 5 heteroatoms. The summed E-state index contributed by atoms with van der Waals surface area (Å²) in [4.78, 5) is 16.2. The van der Waals surface area contributed by atoms with Gasteiger partial charge in [0.05, 0.1) is 11.8 Å². The smallest absolute Gasteiger partial charge is 0.271 e. The Balaban J connectivity index is 2.34. The molecular weight excluding hydrogens is 222 g/mol. The summed E-state index contributed by atoms with van der Waals surface area (Å²) in [7, 11) is 1.86.